The molecule has 102 valence electrons. The molecular formula is C10H8ClF3N4S. The lowest BCUT2D eigenvalue weighted by Crippen LogP contribution is -2.28. The Morgan fingerprint density at radius 1 is 1.26 bits per heavy atom. The summed E-state index contributed by atoms with van der Waals surface area (Å²) in [6, 6.07) is 2.51. The minimum absolute atomic E-state index is 0.324. The van der Waals surface area contributed by atoms with Crippen LogP contribution >= 0.6 is 22.9 Å². The number of nitrogens with one attached hydrogen (secondary N) is 1. The number of nitrogens with zero attached hydrogens (tertiary/aromatic N) is 2. The summed E-state index contributed by atoms with van der Waals surface area (Å²) in [5, 5.41) is -0.489. The van der Waals surface area contributed by atoms with Gasteiger partial charge in [-0.2, -0.15) is 13.2 Å². The minimum atomic E-state index is -4.46. The molecule has 0 aliphatic carbocycles. The maximum atomic E-state index is 12.5. The highest BCUT2D eigenvalue weighted by Crippen LogP contribution is 2.35. The van der Waals surface area contributed by atoms with Gasteiger partial charge in [0.15, 0.2) is 5.01 Å². The molecule has 0 bridgehead atoms. The summed E-state index contributed by atoms with van der Waals surface area (Å²) < 4.78 is 37.5. The second kappa shape index (κ2) is 5.41. The van der Waals surface area contributed by atoms with Crippen LogP contribution in [0.5, 0.6) is 0 Å². The fourth-order valence-corrected chi connectivity index (χ4v) is 2.39. The molecule has 2 aromatic heterocycles. The molecule has 0 aliphatic rings. The first kappa shape index (κ1) is 14.2. The molecule has 0 fully saturated rings. The first-order valence-corrected chi connectivity index (χ1v) is 6.21. The van der Waals surface area contributed by atoms with Crippen LogP contribution in [-0.4, -0.2) is 9.97 Å². The average molecular weight is 309 g/mol. The van der Waals surface area contributed by atoms with E-state index in [1.54, 1.807) is 12.1 Å². The van der Waals surface area contributed by atoms with Crippen molar-refractivity contribution in [3.63, 3.8) is 0 Å². The van der Waals surface area contributed by atoms with Crippen molar-refractivity contribution in [1.29, 1.82) is 0 Å². The smallest absolute Gasteiger partial charge is 0.270 e. The van der Waals surface area contributed by atoms with Crippen LogP contribution in [0.15, 0.2) is 24.5 Å². The molecule has 2 heterocycles. The van der Waals surface area contributed by atoms with Crippen molar-refractivity contribution in [3.8, 4) is 0 Å². The van der Waals surface area contributed by atoms with Gasteiger partial charge in [-0.25, -0.2) is 10.4 Å². The van der Waals surface area contributed by atoms with E-state index in [1.165, 1.54) is 6.20 Å². The number of rotatable bonds is 3. The summed E-state index contributed by atoms with van der Waals surface area (Å²) in [4.78, 5) is 7.69. The minimum Gasteiger partial charge on any atom is -0.270 e. The van der Waals surface area contributed by atoms with E-state index in [0.717, 1.165) is 6.20 Å². The van der Waals surface area contributed by atoms with Crippen molar-refractivity contribution < 1.29 is 13.2 Å². The van der Waals surface area contributed by atoms with Gasteiger partial charge in [0.1, 0.15) is 0 Å². The molecule has 0 spiro atoms. The molecule has 0 radical (unpaired) electrons. The number of nitrogens with two attached hydrogens (primary N) is 1. The summed E-state index contributed by atoms with van der Waals surface area (Å²) in [5.41, 5.74) is 2.88. The summed E-state index contributed by atoms with van der Waals surface area (Å²) in [6.45, 7) is 0. The van der Waals surface area contributed by atoms with Crippen LogP contribution in [0.2, 0.25) is 5.02 Å². The Hall–Kier alpha value is -1.22. The van der Waals surface area contributed by atoms with Gasteiger partial charge in [0.05, 0.1) is 16.8 Å². The Kier molecular flexibility index (Phi) is 4.04. The standard InChI is InChI=1S/C10H8ClF3N4S/c11-5-1-2-6(16-3-5)8(18-15)7-4-17-9(19-7)10(12,13)14/h1-4,8,18H,15H2. The Balaban J connectivity index is 2.32. The Labute approximate surface area is 115 Å². The van der Waals surface area contributed by atoms with E-state index < -0.39 is 17.2 Å². The fourth-order valence-electron chi connectivity index (χ4n) is 1.42. The van der Waals surface area contributed by atoms with E-state index >= 15 is 0 Å². The van der Waals surface area contributed by atoms with Crippen molar-refractivity contribution in [3.05, 3.63) is 45.1 Å². The Morgan fingerprint density at radius 3 is 2.47 bits per heavy atom. The first-order valence-electron chi connectivity index (χ1n) is 5.02. The highest BCUT2D eigenvalue weighted by molar-refractivity contribution is 7.11. The van der Waals surface area contributed by atoms with Crippen LogP contribution in [0.25, 0.3) is 0 Å². The van der Waals surface area contributed by atoms with E-state index in [-0.39, 0.29) is 0 Å². The number of thiazole rings is 1. The Morgan fingerprint density at radius 2 is 2.00 bits per heavy atom. The molecule has 0 aromatic carbocycles. The molecule has 1 unspecified atom stereocenters. The van der Waals surface area contributed by atoms with Crippen LogP contribution < -0.4 is 11.3 Å². The number of hydrazine groups is 1. The molecule has 4 nitrogen and oxygen atoms in total. The third-order valence-electron chi connectivity index (χ3n) is 2.26. The van der Waals surface area contributed by atoms with Gasteiger partial charge in [0.25, 0.3) is 0 Å². The Bertz CT molecular complexity index is 555. The number of hydrogen-bond donors (Lipinski definition) is 2. The number of alkyl halides is 3. The lowest BCUT2D eigenvalue weighted by atomic mass is 10.2. The predicted molar refractivity (Wildman–Crippen MR) is 65.5 cm³/mol. The first-order chi connectivity index (χ1) is 8.91. The summed E-state index contributed by atoms with van der Waals surface area (Å²) in [7, 11) is 0. The number of pyridine rings is 1. The van der Waals surface area contributed by atoms with Gasteiger partial charge in [0.2, 0.25) is 0 Å². The van der Waals surface area contributed by atoms with Gasteiger partial charge in [-0.15, -0.1) is 11.3 Å². The van der Waals surface area contributed by atoms with Gasteiger partial charge < -0.3 is 0 Å². The van der Waals surface area contributed by atoms with E-state index in [1.807, 2.05) is 0 Å². The van der Waals surface area contributed by atoms with Gasteiger partial charge >= 0.3 is 6.18 Å². The fraction of sp³-hybridized carbons (Fsp3) is 0.200. The molecule has 0 saturated carbocycles. The molecule has 2 aromatic rings. The van der Waals surface area contributed by atoms with Crippen LogP contribution in [-0.2, 0) is 6.18 Å². The SMILES string of the molecule is NNC(c1ccc(Cl)cn1)c1cnc(C(F)(F)F)s1. The summed E-state index contributed by atoms with van der Waals surface area (Å²) in [5.74, 6) is 5.37. The third kappa shape index (κ3) is 3.21. The maximum Gasteiger partial charge on any atom is 0.443 e. The van der Waals surface area contributed by atoms with Crippen LogP contribution in [0.4, 0.5) is 13.2 Å². The largest absolute Gasteiger partial charge is 0.443 e. The van der Waals surface area contributed by atoms with Gasteiger partial charge in [0, 0.05) is 17.3 Å². The molecule has 9 heteroatoms. The lowest BCUT2D eigenvalue weighted by Gasteiger charge is -2.12. The quantitative estimate of drug-likeness (QED) is 0.676. The van der Waals surface area contributed by atoms with E-state index in [9.17, 15) is 13.2 Å². The number of halogens is 4. The van der Waals surface area contributed by atoms with Crippen molar-refractivity contribution in [2.24, 2.45) is 5.84 Å². The summed E-state index contributed by atoms with van der Waals surface area (Å²) in [6.07, 6.45) is -1.93. The zero-order valence-electron chi connectivity index (χ0n) is 9.28. The molecular weight excluding hydrogens is 301 g/mol. The highest BCUT2D eigenvalue weighted by Gasteiger charge is 2.35. The number of aromatic nitrogens is 2. The van der Waals surface area contributed by atoms with Crippen LogP contribution in [0.3, 0.4) is 0 Å². The van der Waals surface area contributed by atoms with Crippen molar-refractivity contribution in [1.82, 2.24) is 15.4 Å². The van der Waals surface area contributed by atoms with Crippen molar-refractivity contribution in [2.45, 2.75) is 12.2 Å². The lowest BCUT2D eigenvalue weighted by molar-refractivity contribution is -0.137. The molecule has 0 saturated heterocycles. The zero-order valence-corrected chi connectivity index (χ0v) is 10.9. The second-order valence-corrected chi connectivity index (χ2v) is 5.07. The summed E-state index contributed by atoms with van der Waals surface area (Å²) >= 11 is 6.22. The van der Waals surface area contributed by atoms with Crippen LogP contribution in [0.1, 0.15) is 21.6 Å². The van der Waals surface area contributed by atoms with Crippen molar-refractivity contribution >= 4 is 22.9 Å². The monoisotopic (exact) mass is 308 g/mol. The third-order valence-corrected chi connectivity index (χ3v) is 3.59. The van der Waals surface area contributed by atoms with Gasteiger partial charge in [-0.3, -0.25) is 10.8 Å². The topological polar surface area (TPSA) is 63.8 Å². The van der Waals surface area contributed by atoms with E-state index in [2.05, 4.69) is 15.4 Å². The second-order valence-electron chi connectivity index (χ2n) is 3.57. The zero-order chi connectivity index (χ0) is 14.0. The highest BCUT2D eigenvalue weighted by atomic mass is 35.5. The number of hydrogen-bond acceptors (Lipinski definition) is 5. The molecule has 0 amide bonds. The van der Waals surface area contributed by atoms with E-state index in [0.29, 0.717) is 26.9 Å². The molecule has 19 heavy (non-hydrogen) atoms. The normalized spacial score (nSPS) is 13.5. The average Bonchev–Trinajstić information content (AvgIpc) is 2.82. The van der Waals surface area contributed by atoms with Crippen LogP contribution in [0, 0.1) is 0 Å². The molecule has 0 aliphatic heterocycles. The van der Waals surface area contributed by atoms with Gasteiger partial charge in [-0.05, 0) is 12.1 Å². The van der Waals surface area contributed by atoms with Crippen molar-refractivity contribution in [2.75, 3.05) is 0 Å². The molecule has 3 N–H and O–H groups in total. The maximum absolute atomic E-state index is 12.5. The molecule has 1 atom stereocenters. The van der Waals surface area contributed by atoms with E-state index in [4.69, 9.17) is 17.4 Å². The predicted octanol–water partition coefficient (Wildman–Crippen LogP) is 2.76. The molecule has 2 rings (SSSR count). The van der Waals surface area contributed by atoms with Gasteiger partial charge in [-0.1, -0.05) is 11.6 Å².